The van der Waals surface area contributed by atoms with Gasteiger partial charge in [0.2, 0.25) is 5.91 Å². The molecule has 4 nitrogen and oxygen atoms in total. The molecule has 1 fully saturated rings. The third kappa shape index (κ3) is 4.28. The number of carbonyl (C=O) groups excluding carboxylic acids is 1. The molecule has 1 amide bonds. The van der Waals surface area contributed by atoms with E-state index in [9.17, 15) is 4.79 Å². The van der Waals surface area contributed by atoms with Gasteiger partial charge < -0.3 is 9.64 Å². The van der Waals surface area contributed by atoms with Gasteiger partial charge in [-0.2, -0.15) is 0 Å². The summed E-state index contributed by atoms with van der Waals surface area (Å²) < 4.78 is 5.42. The van der Waals surface area contributed by atoms with Crippen molar-refractivity contribution in [2.75, 3.05) is 26.8 Å². The molecule has 1 aromatic rings. The van der Waals surface area contributed by atoms with Crippen LogP contribution in [0.15, 0.2) is 5.51 Å². The van der Waals surface area contributed by atoms with Crippen LogP contribution >= 0.6 is 11.3 Å². The van der Waals surface area contributed by atoms with E-state index in [0.717, 1.165) is 44.7 Å². The summed E-state index contributed by atoms with van der Waals surface area (Å²) >= 11 is 1.67. The van der Waals surface area contributed by atoms with Gasteiger partial charge in [-0.3, -0.25) is 4.79 Å². The highest BCUT2D eigenvalue weighted by Crippen LogP contribution is 2.18. The summed E-state index contributed by atoms with van der Waals surface area (Å²) in [7, 11) is 1.89. The van der Waals surface area contributed by atoms with E-state index in [1.54, 1.807) is 11.3 Å². The van der Waals surface area contributed by atoms with Crippen molar-refractivity contribution < 1.29 is 9.53 Å². The van der Waals surface area contributed by atoms with E-state index < -0.39 is 0 Å². The van der Waals surface area contributed by atoms with Crippen LogP contribution in [0.4, 0.5) is 0 Å². The number of likely N-dealkylation sites (N-methyl/N-ethyl adjacent to an activating group) is 1. The number of thiazole rings is 1. The Morgan fingerprint density at radius 1 is 1.63 bits per heavy atom. The minimum Gasteiger partial charge on any atom is -0.381 e. The number of amides is 1. The standard InChI is InChI=1S/C14H22N2O2S/c1-11-13(19-10-15-11)5-6-16(2)14(17)8-12-4-3-7-18-9-12/h10,12H,3-9H2,1-2H3/t12-/m1/s1. The van der Waals surface area contributed by atoms with Crippen molar-refractivity contribution in [1.29, 1.82) is 0 Å². The molecule has 0 saturated carbocycles. The zero-order valence-electron chi connectivity index (χ0n) is 11.7. The molecule has 2 heterocycles. The summed E-state index contributed by atoms with van der Waals surface area (Å²) in [6.07, 6.45) is 3.73. The van der Waals surface area contributed by atoms with Crippen LogP contribution in [0.1, 0.15) is 29.8 Å². The highest BCUT2D eigenvalue weighted by atomic mass is 32.1. The Labute approximate surface area is 118 Å². The molecule has 19 heavy (non-hydrogen) atoms. The first-order chi connectivity index (χ1) is 9.16. The zero-order valence-corrected chi connectivity index (χ0v) is 12.5. The number of aromatic nitrogens is 1. The van der Waals surface area contributed by atoms with E-state index in [-0.39, 0.29) is 5.91 Å². The van der Waals surface area contributed by atoms with Gasteiger partial charge in [0.15, 0.2) is 0 Å². The first kappa shape index (κ1) is 14.5. The second-order valence-corrected chi connectivity index (χ2v) is 6.15. The minimum atomic E-state index is 0.234. The molecule has 106 valence electrons. The molecule has 1 aromatic heterocycles. The zero-order chi connectivity index (χ0) is 13.7. The van der Waals surface area contributed by atoms with Gasteiger partial charge in [-0.1, -0.05) is 0 Å². The van der Waals surface area contributed by atoms with Crippen LogP contribution < -0.4 is 0 Å². The second-order valence-electron chi connectivity index (χ2n) is 5.21. The van der Waals surface area contributed by atoms with Gasteiger partial charge >= 0.3 is 0 Å². The Hall–Kier alpha value is -0.940. The van der Waals surface area contributed by atoms with Gasteiger partial charge in [-0.25, -0.2) is 4.98 Å². The molecular weight excluding hydrogens is 260 g/mol. The molecule has 1 atom stereocenters. The Balaban J connectivity index is 1.74. The number of rotatable bonds is 5. The number of aryl methyl sites for hydroxylation is 1. The van der Waals surface area contributed by atoms with Crippen LogP contribution in [-0.4, -0.2) is 42.6 Å². The summed E-state index contributed by atoms with van der Waals surface area (Å²) in [4.78, 5) is 19.5. The molecule has 0 bridgehead atoms. The van der Waals surface area contributed by atoms with Crippen molar-refractivity contribution in [3.8, 4) is 0 Å². The largest absolute Gasteiger partial charge is 0.381 e. The van der Waals surface area contributed by atoms with Crippen LogP contribution in [0.5, 0.6) is 0 Å². The molecular formula is C14H22N2O2S. The van der Waals surface area contributed by atoms with Crippen molar-refractivity contribution in [3.05, 3.63) is 16.1 Å². The van der Waals surface area contributed by atoms with Crippen molar-refractivity contribution in [2.45, 2.75) is 32.6 Å². The summed E-state index contributed by atoms with van der Waals surface area (Å²) in [6, 6.07) is 0. The fraction of sp³-hybridized carbons (Fsp3) is 0.714. The van der Waals surface area contributed by atoms with Crippen LogP contribution in [0.2, 0.25) is 0 Å². The summed E-state index contributed by atoms with van der Waals surface area (Å²) in [5, 5.41) is 0. The van der Waals surface area contributed by atoms with Gasteiger partial charge in [-0.15, -0.1) is 11.3 Å². The Morgan fingerprint density at radius 3 is 3.11 bits per heavy atom. The van der Waals surface area contributed by atoms with Gasteiger partial charge in [-0.05, 0) is 25.7 Å². The smallest absolute Gasteiger partial charge is 0.222 e. The van der Waals surface area contributed by atoms with Crippen LogP contribution in [0.25, 0.3) is 0 Å². The first-order valence-corrected chi connectivity index (χ1v) is 7.75. The fourth-order valence-corrected chi connectivity index (χ4v) is 3.10. The molecule has 2 rings (SSSR count). The number of ether oxygens (including phenoxy) is 1. The van der Waals surface area contributed by atoms with E-state index in [2.05, 4.69) is 4.98 Å². The third-order valence-corrected chi connectivity index (χ3v) is 4.66. The molecule has 5 heteroatoms. The van der Waals surface area contributed by atoms with Crippen molar-refractivity contribution in [3.63, 3.8) is 0 Å². The first-order valence-electron chi connectivity index (χ1n) is 6.87. The van der Waals surface area contributed by atoms with Gasteiger partial charge in [0.25, 0.3) is 0 Å². The Kier molecular flexibility index (Phi) is 5.34. The van der Waals surface area contributed by atoms with E-state index in [0.29, 0.717) is 12.3 Å². The van der Waals surface area contributed by atoms with Crippen molar-refractivity contribution in [2.24, 2.45) is 5.92 Å². The predicted molar refractivity (Wildman–Crippen MR) is 76.4 cm³/mol. The number of hydrogen-bond donors (Lipinski definition) is 0. The van der Waals surface area contributed by atoms with Gasteiger partial charge in [0, 0.05) is 44.5 Å². The minimum absolute atomic E-state index is 0.234. The Morgan fingerprint density at radius 2 is 2.47 bits per heavy atom. The lowest BCUT2D eigenvalue weighted by Gasteiger charge is -2.24. The van der Waals surface area contributed by atoms with E-state index >= 15 is 0 Å². The topological polar surface area (TPSA) is 42.4 Å². The number of nitrogens with zero attached hydrogens (tertiary/aromatic N) is 2. The Bertz CT molecular complexity index is 413. The molecule has 1 aliphatic heterocycles. The molecule has 0 spiro atoms. The maximum absolute atomic E-state index is 12.1. The van der Waals surface area contributed by atoms with Crippen LogP contribution in [0, 0.1) is 12.8 Å². The molecule has 0 unspecified atom stereocenters. The van der Waals surface area contributed by atoms with Crippen LogP contribution in [-0.2, 0) is 16.0 Å². The molecule has 0 aromatic carbocycles. The summed E-state index contributed by atoms with van der Waals surface area (Å²) in [6.45, 7) is 4.39. The maximum atomic E-state index is 12.1. The van der Waals surface area contributed by atoms with Gasteiger partial charge in [0.05, 0.1) is 11.2 Å². The fourth-order valence-electron chi connectivity index (χ4n) is 2.33. The number of carbonyl (C=O) groups is 1. The highest BCUT2D eigenvalue weighted by molar-refractivity contribution is 7.09. The van der Waals surface area contributed by atoms with Crippen LogP contribution in [0.3, 0.4) is 0 Å². The highest BCUT2D eigenvalue weighted by Gasteiger charge is 2.19. The molecule has 0 N–H and O–H groups in total. The van der Waals surface area contributed by atoms with Crippen molar-refractivity contribution >= 4 is 17.2 Å². The number of hydrogen-bond acceptors (Lipinski definition) is 4. The maximum Gasteiger partial charge on any atom is 0.222 e. The van der Waals surface area contributed by atoms with Gasteiger partial charge in [0.1, 0.15) is 0 Å². The van der Waals surface area contributed by atoms with E-state index in [1.165, 1.54) is 4.88 Å². The monoisotopic (exact) mass is 282 g/mol. The average molecular weight is 282 g/mol. The lowest BCUT2D eigenvalue weighted by molar-refractivity contribution is -0.131. The molecule has 0 aliphatic carbocycles. The van der Waals surface area contributed by atoms with E-state index in [4.69, 9.17) is 4.74 Å². The summed E-state index contributed by atoms with van der Waals surface area (Å²) in [5.41, 5.74) is 2.96. The quantitative estimate of drug-likeness (QED) is 0.832. The van der Waals surface area contributed by atoms with E-state index in [1.807, 2.05) is 24.4 Å². The average Bonchev–Trinajstić information content (AvgIpc) is 2.82. The lowest BCUT2D eigenvalue weighted by Crippen LogP contribution is -2.32. The molecule has 0 radical (unpaired) electrons. The third-order valence-electron chi connectivity index (χ3n) is 3.66. The lowest BCUT2D eigenvalue weighted by atomic mass is 9.98. The van der Waals surface area contributed by atoms with Crippen molar-refractivity contribution in [1.82, 2.24) is 9.88 Å². The molecule has 1 saturated heterocycles. The second kappa shape index (κ2) is 7.01. The SMILES string of the molecule is Cc1ncsc1CCN(C)C(=O)C[C@H]1CCCOC1. The predicted octanol–water partition coefficient (Wildman–Crippen LogP) is 2.27. The molecule has 1 aliphatic rings. The normalized spacial score (nSPS) is 19.4. The summed E-state index contributed by atoms with van der Waals surface area (Å²) in [5.74, 6) is 0.645.